The summed E-state index contributed by atoms with van der Waals surface area (Å²) in [5.74, 6) is 1.32. The minimum absolute atomic E-state index is 0.0251. The maximum absolute atomic E-state index is 12.4. The minimum Gasteiger partial charge on any atom is -0.493 e. The quantitative estimate of drug-likeness (QED) is 0.787. The van der Waals surface area contributed by atoms with E-state index in [1.54, 1.807) is 27.3 Å². The molecule has 0 fully saturated rings. The van der Waals surface area contributed by atoms with Crippen LogP contribution in [0, 0.1) is 0 Å². The zero-order valence-corrected chi connectivity index (χ0v) is 15.1. The van der Waals surface area contributed by atoms with Crippen molar-refractivity contribution >= 4 is 16.9 Å². The molecule has 26 heavy (non-hydrogen) atoms. The van der Waals surface area contributed by atoms with E-state index in [1.165, 1.54) is 5.56 Å². The third kappa shape index (κ3) is 2.41. The summed E-state index contributed by atoms with van der Waals surface area (Å²) in [7, 11) is 3.24. The van der Waals surface area contributed by atoms with Gasteiger partial charge >= 0.3 is 0 Å². The molecule has 2 aromatic heterocycles. The van der Waals surface area contributed by atoms with E-state index in [2.05, 4.69) is 16.0 Å². The van der Waals surface area contributed by atoms with Crippen LogP contribution >= 0.6 is 0 Å². The molecular weight excluding hydrogens is 330 g/mol. The lowest BCUT2D eigenvalue weighted by Crippen LogP contribution is -2.39. The largest absolute Gasteiger partial charge is 0.493 e. The monoisotopic (exact) mass is 351 g/mol. The molecule has 4 rings (SSSR count). The van der Waals surface area contributed by atoms with Crippen LogP contribution in [0.2, 0.25) is 0 Å². The van der Waals surface area contributed by atoms with Gasteiger partial charge in [0.05, 0.1) is 14.2 Å². The summed E-state index contributed by atoms with van der Waals surface area (Å²) in [6.07, 6.45) is 2.57. The number of carbonyl (C=O) groups is 1. The van der Waals surface area contributed by atoms with Gasteiger partial charge in [-0.3, -0.25) is 4.79 Å². The molecule has 6 heteroatoms. The molecule has 0 radical (unpaired) electrons. The van der Waals surface area contributed by atoms with Crippen molar-refractivity contribution in [3.05, 3.63) is 53.3 Å². The highest BCUT2D eigenvalue weighted by Crippen LogP contribution is 2.44. The van der Waals surface area contributed by atoms with E-state index in [0.717, 1.165) is 28.7 Å². The standard InChI is InChI=1S/C20H21N3O3/c1-12(24)23-11-9-13-14-7-5-10-21-20(14)22-17(13)18(23)15-6-4-8-16(25-2)19(15)26-3/h4-8,10,18H,9,11H2,1-3H3,(H,21,22). The Morgan fingerprint density at radius 2 is 2.08 bits per heavy atom. The second-order valence-corrected chi connectivity index (χ2v) is 6.36. The van der Waals surface area contributed by atoms with E-state index in [-0.39, 0.29) is 11.9 Å². The van der Waals surface area contributed by atoms with Gasteiger partial charge in [0.1, 0.15) is 11.7 Å². The van der Waals surface area contributed by atoms with E-state index in [4.69, 9.17) is 9.47 Å². The molecule has 1 amide bonds. The van der Waals surface area contributed by atoms with Crippen LogP contribution in [-0.4, -0.2) is 41.5 Å². The van der Waals surface area contributed by atoms with Crippen LogP contribution in [0.1, 0.15) is 29.8 Å². The maximum Gasteiger partial charge on any atom is 0.220 e. The summed E-state index contributed by atoms with van der Waals surface area (Å²) in [4.78, 5) is 22.1. The molecule has 0 saturated carbocycles. The van der Waals surface area contributed by atoms with Crippen molar-refractivity contribution in [2.45, 2.75) is 19.4 Å². The lowest BCUT2D eigenvalue weighted by atomic mass is 9.91. The van der Waals surface area contributed by atoms with Crippen LogP contribution in [0.4, 0.5) is 0 Å². The molecule has 1 aromatic carbocycles. The fourth-order valence-corrected chi connectivity index (χ4v) is 3.91. The summed E-state index contributed by atoms with van der Waals surface area (Å²) in [5, 5.41) is 1.11. The number of hydrogen-bond acceptors (Lipinski definition) is 4. The Morgan fingerprint density at radius 1 is 1.23 bits per heavy atom. The highest BCUT2D eigenvalue weighted by atomic mass is 16.5. The smallest absolute Gasteiger partial charge is 0.220 e. The first-order valence-electron chi connectivity index (χ1n) is 8.59. The Morgan fingerprint density at radius 3 is 2.81 bits per heavy atom. The van der Waals surface area contributed by atoms with Crippen LogP contribution in [0.5, 0.6) is 11.5 Å². The molecule has 1 N–H and O–H groups in total. The van der Waals surface area contributed by atoms with Gasteiger partial charge in [0.2, 0.25) is 5.91 Å². The molecular formula is C20H21N3O3. The normalized spacial score (nSPS) is 16.4. The van der Waals surface area contributed by atoms with E-state index >= 15 is 0 Å². The number of H-pyrrole nitrogens is 1. The summed E-state index contributed by atoms with van der Waals surface area (Å²) in [6, 6.07) is 9.50. The van der Waals surface area contributed by atoms with Crippen molar-refractivity contribution in [1.29, 1.82) is 0 Å². The zero-order valence-electron chi connectivity index (χ0n) is 15.1. The van der Waals surface area contributed by atoms with E-state index in [1.807, 2.05) is 29.2 Å². The first kappa shape index (κ1) is 16.4. The molecule has 1 atom stereocenters. The second-order valence-electron chi connectivity index (χ2n) is 6.36. The van der Waals surface area contributed by atoms with Crippen LogP contribution in [0.25, 0.3) is 11.0 Å². The van der Waals surface area contributed by atoms with Gasteiger partial charge in [-0.1, -0.05) is 12.1 Å². The number of aromatic amines is 1. The average molecular weight is 351 g/mol. The molecule has 1 unspecified atom stereocenters. The maximum atomic E-state index is 12.4. The van der Waals surface area contributed by atoms with Gasteiger partial charge in [0, 0.05) is 36.3 Å². The lowest BCUT2D eigenvalue weighted by molar-refractivity contribution is -0.130. The molecule has 0 bridgehead atoms. The van der Waals surface area contributed by atoms with Gasteiger partial charge in [-0.2, -0.15) is 0 Å². The summed E-state index contributed by atoms with van der Waals surface area (Å²) < 4.78 is 11.1. The highest BCUT2D eigenvalue weighted by molar-refractivity contribution is 5.84. The number of ether oxygens (including phenoxy) is 2. The number of carbonyl (C=O) groups excluding carboxylic acids is 1. The van der Waals surface area contributed by atoms with Crippen molar-refractivity contribution in [2.24, 2.45) is 0 Å². The van der Waals surface area contributed by atoms with Crippen LogP contribution < -0.4 is 9.47 Å². The van der Waals surface area contributed by atoms with E-state index in [0.29, 0.717) is 18.0 Å². The number of pyridine rings is 1. The van der Waals surface area contributed by atoms with Crippen molar-refractivity contribution in [3.63, 3.8) is 0 Å². The number of rotatable bonds is 3. The third-order valence-electron chi connectivity index (χ3n) is 5.03. The fourth-order valence-electron chi connectivity index (χ4n) is 3.91. The number of methoxy groups -OCH3 is 2. The number of benzene rings is 1. The molecule has 3 aromatic rings. The molecule has 0 spiro atoms. The first-order chi connectivity index (χ1) is 12.7. The van der Waals surface area contributed by atoms with E-state index in [9.17, 15) is 4.79 Å². The number of nitrogens with one attached hydrogen (secondary N) is 1. The Bertz CT molecular complexity index is 980. The van der Waals surface area contributed by atoms with E-state index < -0.39 is 0 Å². The molecule has 1 aliphatic heterocycles. The first-order valence-corrected chi connectivity index (χ1v) is 8.59. The predicted octanol–water partition coefficient (Wildman–Crippen LogP) is 3.07. The van der Waals surface area contributed by atoms with Gasteiger partial charge in [-0.25, -0.2) is 4.98 Å². The van der Waals surface area contributed by atoms with Gasteiger partial charge in [0.15, 0.2) is 11.5 Å². The topological polar surface area (TPSA) is 67.5 Å². The Kier molecular flexibility index (Phi) is 4.03. The molecule has 134 valence electrons. The number of hydrogen-bond donors (Lipinski definition) is 1. The SMILES string of the molecule is COc1cccc(C2c3[nH]c4ncccc4c3CCN2C(C)=O)c1OC. The number of fused-ring (bicyclic) bond motifs is 3. The fraction of sp³-hybridized carbons (Fsp3) is 0.300. The Balaban J connectivity index is 1.97. The molecule has 3 heterocycles. The van der Waals surface area contributed by atoms with Gasteiger partial charge < -0.3 is 19.4 Å². The van der Waals surface area contributed by atoms with Crippen LogP contribution in [0.3, 0.4) is 0 Å². The summed E-state index contributed by atoms with van der Waals surface area (Å²) in [5.41, 5.74) is 3.94. The molecule has 6 nitrogen and oxygen atoms in total. The van der Waals surface area contributed by atoms with Crippen molar-refractivity contribution < 1.29 is 14.3 Å². The van der Waals surface area contributed by atoms with Gasteiger partial charge in [-0.15, -0.1) is 0 Å². The van der Waals surface area contributed by atoms with Crippen molar-refractivity contribution in [2.75, 3.05) is 20.8 Å². The van der Waals surface area contributed by atoms with Crippen molar-refractivity contribution in [1.82, 2.24) is 14.9 Å². The highest BCUT2D eigenvalue weighted by Gasteiger charge is 2.35. The molecule has 1 aliphatic rings. The van der Waals surface area contributed by atoms with Crippen molar-refractivity contribution in [3.8, 4) is 11.5 Å². The van der Waals surface area contributed by atoms with Crippen LogP contribution in [-0.2, 0) is 11.2 Å². The third-order valence-corrected chi connectivity index (χ3v) is 5.03. The lowest BCUT2D eigenvalue weighted by Gasteiger charge is -2.36. The Labute approximate surface area is 151 Å². The number of aromatic nitrogens is 2. The van der Waals surface area contributed by atoms with Gasteiger partial charge in [0.25, 0.3) is 0 Å². The Hall–Kier alpha value is -3.02. The predicted molar refractivity (Wildman–Crippen MR) is 98.6 cm³/mol. The molecule has 0 saturated heterocycles. The number of para-hydroxylation sites is 1. The summed E-state index contributed by atoms with van der Waals surface area (Å²) in [6.45, 7) is 2.25. The zero-order chi connectivity index (χ0) is 18.3. The van der Waals surface area contributed by atoms with Gasteiger partial charge in [-0.05, 0) is 30.2 Å². The minimum atomic E-state index is -0.268. The second kappa shape index (κ2) is 6.37. The number of amides is 1. The molecule has 0 aliphatic carbocycles. The van der Waals surface area contributed by atoms with Crippen LogP contribution in [0.15, 0.2) is 36.5 Å². The number of nitrogens with zero attached hydrogens (tertiary/aromatic N) is 2. The average Bonchev–Trinajstić information content (AvgIpc) is 3.05. The summed E-state index contributed by atoms with van der Waals surface area (Å²) >= 11 is 0.